The number of hydrogen-bond acceptors (Lipinski definition) is 3. The van der Waals surface area contributed by atoms with E-state index >= 15 is 0 Å². The van der Waals surface area contributed by atoms with E-state index in [0.717, 1.165) is 0 Å². The number of nitrogens with one attached hydrogen (secondary N) is 1. The Morgan fingerprint density at radius 2 is 2.29 bits per heavy atom. The topological polar surface area (TPSA) is 78.5 Å². The Morgan fingerprint density at radius 1 is 1.50 bits per heavy atom. The van der Waals surface area contributed by atoms with E-state index in [1.54, 1.807) is 24.4 Å². The number of carboxylic acids is 1. The van der Waals surface area contributed by atoms with E-state index in [1.165, 1.54) is 10.6 Å². The molecule has 5 nitrogen and oxygen atoms in total. The van der Waals surface area contributed by atoms with Crippen molar-refractivity contribution in [3.63, 3.8) is 0 Å². The van der Waals surface area contributed by atoms with E-state index in [4.69, 9.17) is 10.5 Å². The highest BCUT2D eigenvalue weighted by molar-refractivity contribution is 5.86. The minimum atomic E-state index is -1.14. The van der Waals surface area contributed by atoms with Crippen LogP contribution in [0.15, 0.2) is 30.6 Å². The minimum Gasteiger partial charge on any atom is -0.477 e. The summed E-state index contributed by atoms with van der Waals surface area (Å²) in [7, 11) is 0. The number of pyridine rings is 1. The second-order valence-electron chi connectivity index (χ2n) is 2.75. The largest absolute Gasteiger partial charge is 0.477 e. The Labute approximate surface area is 78.8 Å². The van der Waals surface area contributed by atoms with Gasteiger partial charge in [-0.15, -0.1) is 0 Å². The third-order valence-corrected chi connectivity index (χ3v) is 1.89. The highest BCUT2D eigenvalue weighted by atomic mass is 16.4. The molecular weight excluding hydrogens is 182 g/mol. The molecule has 0 unspecified atom stereocenters. The molecule has 0 spiro atoms. The molecule has 2 heterocycles. The van der Waals surface area contributed by atoms with Crippen molar-refractivity contribution in [3.8, 4) is 0 Å². The molecule has 0 bridgehead atoms. The molecule has 2 aromatic heterocycles. The fraction of sp³-hybridized carbons (Fsp3) is 0. The molecule has 0 aliphatic carbocycles. The molecule has 2 rings (SSSR count). The second-order valence-corrected chi connectivity index (χ2v) is 2.75. The molecule has 0 aromatic carbocycles. The summed E-state index contributed by atoms with van der Waals surface area (Å²) in [6.45, 7) is 0. The molecule has 14 heavy (non-hydrogen) atoms. The molecule has 0 aliphatic heterocycles. The van der Waals surface area contributed by atoms with Gasteiger partial charge < -0.3 is 5.11 Å². The summed E-state index contributed by atoms with van der Waals surface area (Å²) in [5.41, 5.74) is 0.388. The maximum atomic E-state index is 10.7. The number of aromatic carboxylic acids is 1. The molecule has 0 saturated carbocycles. The van der Waals surface area contributed by atoms with Crippen LogP contribution in [-0.4, -0.2) is 20.5 Å². The Kier molecular flexibility index (Phi) is 1.78. The van der Waals surface area contributed by atoms with Gasteiger partial charge in [0, 0.05) is 12.4 Å². The van der Waals surface area contributed by atoms with Gasteiger partial charge in [0.25, 0.3) is 0 Å². The zero-order valence-electron chi connectivity index (χ0n) is 7.14. The first kappa shape index (κ1) is 8.43. The Hall–Kier alpha value is -2.17. The molecule has 0 radical (unpaired) electrons. The predicted octanol–water partition coefficient (Wildman–Crippen LogP) is 0.512. The highest BCUT2D eigenvalue weighted by Gasteiger charge is 2.07. The average molecular weight is 189 g/mol. The predicted molar refractivity (Wildman–Crippen MR) is 48.0 cm³/mol. The van der Waals surface area contributed by atoms with Gasteiger partial charge in [-0.3, -0.25) is 9.81 Å². The number of carboxylic acid groups (broad SMARTS) is 1. The van der Waals surface area contributed by atoms with Crippen LogP contribution >= 0.6 is 0 Å². The Bertz CT molecular complexity index is 559. The molecule has 2 aromatic rings. The van der Waals surface area contributed by atoms with Gasteiger partial charge in [-0.1, -0.05) is 6.07 Å². The van der Waals surface area contributed by atoms with Gasteiger partial charge in [0.15, 0.2) is 0 Å². The number of aromatic nitrogens is 2. The number of carbonyl (C=O) groups is 1. The summed E-state index contributed by atoms with van der Waals surface area (Å²) >= 11 is 0. The zero-order chi connectivity index (χ0) is 10.1. The Balaban J connectivity index is 2.89. The van der Waals surface area contributed by atoms with E-state index in [0.29, 0.717) is 5.65 Å². The van der Waals surface area contributed by atoms with Crippen molar-refractivity contribution in [2.45, 2.75) is 0 Å². The van der Waals surface area contributed by atoms with Crippen molar-refractivity contribution < 1.29 is 9.90 Å². The van der Waals surface area contributed by atoms with Crippen LogP contribution in [0.2, 0.25) is 0 Å². The van der Waals surface area contributed by atoms with E-state index in [9.17, 15) is 4.79 Å². The molecule has 0 fully saturated rings. The van der Waals surface area contributed by atoms with Gasteiger partial charge in [-0.05, 0) is 12.1 Å². The first-order valence-electron chi connectivity index (χ1n) is 3.94. The van der Waals surface area contributed by atoms with Gasteiger partial charge in [0.2, 0.25) is 0 Å². The molecule has 0 amide bonds. The lowest BCUT2D eigenvalue weighted by Crippen LogP contribution is -2.22. The standard InChI is InChI=1S/C9H7N3O2/c10-8-6(9(13)14)5-11-7-3-1-2-4-12(7)8/h1-5,10H,(H,13,14). The number of fused-ring (bicyclic) bond motifs is 1. The van der Waals surface area contributed by atoms with Gasteiger partial charge in [-0.25, -0.2) is 9.78 Å². The van der Waals surface area contributed by atoms with Crippen LogP contribution < -0.4 is 5.49 Å². The van der Waals surface area contributed by atoms with Crippen LogP contribution in [0.3, 0.4) is 0 Å². The third kappa shape index (κ3) is 1.15. The summed E-state index contributed by atoms with van der Waals surface area (Å²) < 4.78 is 1.42. The van der Waals surface area contributed by atoms with Crippen LogP contribution in [0, 0.1) is 5.41 Å². The fourth-order valence-corrected chi connectivity index (χ4v) is 1.21. The van der Waals surface area contributed by atoms with Crippen LogP contribution in [0.1, 0.15) is 10.4 Å². The number of nitrogens with zero attached hydrogens (tertiary/aromatic N) is 2. The van der Waals surface area contributed by atoms with Crippen molar-refractivity contribution in [1.29, 1.82) is 5.41 Å². The van der Waals surface area contributed by atoms with Crippen molar-refractivity contribution in [2.75, 3.05) is 0 Å². The second kappa shape index (κ2) is 2.95. The first-order valence-corrected chi connectivity index (χ1v) is 3.94. The quantitative estimate of drug-likeness (QED) is 0.686. The lowest BCUT2D eigenvalue weighted by molar-refractivity contribution is 0.0693. The van der Waals surface area contributed by atoms with E-state index in [1.807, 2.05) is 0 Å². The van der Waals surface area contributed by atoms with Crippen LogP contribution in [0.25, 0.3) is 5.65 Å². The first-order chi connectivity index (χ1) is 6.70. The fourth-order valence-electron chi connectivity index (χ4n) is 1.21. The zero-order valence-corrected chi connectivity index (χ0v) is 7.14. The van der Waals surface area contributed by atoms with Gasteiger partial charge in [-0.2, -0.15) is 0 Å². The summed E-state index contributed by atoms with van der Waals surface area (Å²) in [5, 5.41) is 16.4. The summed E-state index contributed by atoms with van der Waals surface area (Å²) in [4.78, 5) is 14.6. The van der Waals surface area contributed by atoms with Gasteiger partial charge in [0.05, 0.1) is 0 Å². The maximum absolute atomic E-state index is 10.7. The van der Waals surface area contributed by atoms with Crippen LogP contribution in [0.5, 0.6) is 0 Å². The van der Waals surface area contributed by atoms with E-state index < -0.39 is 5.97 Å². The molecule has 70 valence electrons. The number of hydrogen-bond donors (Lipinski definition) is 2. The number of rotatable bonds is 1. The molecule has 0 aliphatic rings. The summed E-state index contributed by atoms with van der Waals surface area (Å²) in [6.07, 6.45) is 2.80. The highest BCUT2D eigenvalue weighted by Crippen LogP contribution is 1.96. The maximum Gasteiger partial charge on any atom is 0.341 e. The summed E-state index contributed by atoms with van der Waals surface area (Å²) in [6, 6.07) is 5.21. The van der Waals surface area contributed by atoms with Gasteiger partial charge in [0.1, 0.15) is 16.7 Å². The van der Waals surface area contributed by atoms with Crippen LogP contribution in [0.4, 0.5) is 0 Å². The van der Waals surface area contributed by atoms with Crippen molar-refractivity contribution in [3.05, 3.63) is 41.6 Å². The van der Waals surface area contributed by atoms with Gasteiger partial charge >= 0.3 is 5.97 Å². The monoisotopic (exact) mass is 189 g/mol. The normalized spacial score (nSPS) is 10.3. The molecule has 2 N–H and O–H groups in total. The lowest BCUT2D eigenvalue weighted by Gasteiger charge is -2.01. The molecule has 0 saturated heterocycles. The Morgan fingerprint density at radius 3 is 3.00 bits per heavy atom. The van der Waals surface area contributed by atoms with Crippen molar-refractivity contribution >= 4 is 11.6 Å². The average Bonchev–Trinajstić information content (AvgIpc) is 2.18. The van der Waals surface area contributed by atoms with Crippen molar-refractivity contribution in [1.82, 2.24) is 9.38 Å². The minimum absolute atomic E-state index is 0.0666. The summed E-state index contributed by atoms with van der Waals surface area (Å²) in [5.74, 6) is -1.14. The SMILES string of the molecule is N=c1c(C(=O)O)cnc2ccccn12. The van der Waals surface area contributed by atoms with E-state index in [2.05, 4.69) is 4.98 Å². The van der Waals surface area contributed by atoms with Crippen molar-refractivity contribution in [2.24, 2.45) is 0 Å². The smallest absolute Gasteiger partial charge is 0.341 e. The molecular formula is C9H7N3O2. The van der Waals surface area contributed by atoms with E-state index in [-0.39, 0.29) is 11.1 Å². The molecule has 5 heteroatoms. The lowest BCUT2D eigenvalue weighted by atomic mass is 10.3. The third-order valence-electron chi connectivity index (χ3n) is 1.89. The van der Waals surface area contributed by atoms with Crippen LogP contribution in [-0.2, 0) is 0 Å². The molecule has 0 atom stereocenters.